The second kappa shape index (κ2) is 6.27. The molecular weight excluding hydrogens is 168 g/mol. The van der Waals surface area contributed by atoms with E-state index in [1.165, 1.54) is 38.5 Å². The predicted octanol–water partition coefficient (Wildman–Crippen LogP) is 4.81. The highest BCUT2D eigenvalue weighted by molar-refractivity contribution is 5.02. The first-order valence-electron chi connectivity index (χ1n) is 6.42. The van der Waals surface area contributed by atoms with E-state index in [0.717, 1.165) is 17.8 Å². The summed E-state index contributed by atoms with van der Waals surface area (Å²) in [7, 11) is 0. The summed E-state index contributed by atoms with van der Waals surface area (Å²) in [5.74, 6) is 2.72. The molecule has 0 aromatic carbocycles. The summed E-state index contributed by atoms with van der Waals surface area (Å²) in [6, 6.07) is 0. The highest BCUT2D eigenvalue weighted by Crippen LogP contribution is 2.43. The summed E-state index contributed by atoms with van der Waals surface area (Å²) in [5.41, 5.74) is 0. The molecule has 0 spiro atoms. The lowest BCUT2D eigenvalue weighted by molar-refractivity contribution is 0.585. The summed E-state index contributed by atoms with van der Waals surface area (Å²) in [6.45, 7) is 6.80. The fraction of sp³-hybridized carbons (Fsp3) is 0.857. The van der Waals surface area contributed by atoms with E-state index in [9.17, 15) is 0 Å². The first-order chi connectivity index (χ1) is 6.74. The molecule has 0 saturated heterocycles. The van der Waals surface area contributed by atoms with Crippen LogP contribution in [-0.4, -0.2) is 0 Å². The maximum Gasteiger partial charge on any atom is -0.0202 e. The Morgan fingerprint density at radius 2 is 2.00 bits per heavy atom. The van der Waals surface area contributed by atoms with Gasteiger partial charge in [-0.2, -0.15) is 0 Å². The van der Waals surface area contributed by atoms with Crippen LogP contribution in [0.1, 0.15) is 59.3 Å². The van der Waals surface area contributed by atoms with Crippen molar-refractivity contribution in [3.63, 3.8) is 0 Å². The third-order valence-electron chi connectivity index (χ3n) is 3.15. The van der Waals surface area contributed by atoms with Crippen LogP contribution in [0, 0.1) is 17.8 Å². The van der Waals surface area contributed by atoms with Gasteiger partial charge in [-0.05, 0) is 30.6 Å². The summed E-state index contributed by atoms with van der Waals surface area (Å²) >= 11 is 0. The van der Waals surface area contributed by atoms with E-state index in [1.807, 2.05) is 0 Å². The van der Waals surface area contributed by atoms with Crippen LogP contribution in [0.15, 0.2) is 12.2 Å². The zero-order valence-corrected chi connectivity index (χ0v) is 10.1. The third-order valence-corrected chi connectivity index (χ3v) is 3.15. The molecule has 2 atom stereocenters. The molecule has 14 heavy (non-hydrogen) atoms. The number of hydrogen-bond acceptors (Lipinski definition) is 0. The van der Waals surface area contributed by atoms with E-state index < -0.39 is 0 Å². The predicted molar refractivity (Wildman–Crippen MR) is 64.3 cm³/mol. The van der Waals surface area contributed by atoms with Gasteiger partial charge in [-0.25, -0.2) is 0 Å². The Bertz CT molecular complexity index is 167. The Morgan fingerprint density at radius 1 is 1.21 bits per heavy atom. The van der Waals surface area contributed by atoms with Crippen molar-refractivity contribution in [2.75, 3.05) is 0 Å². The second-order valence-corrected chi connectivity index (χ2v) is 5.14. The molecule has 0 radical (unpaired) electrons. The van der Waals surface area contributed by atoms with Crippen LogP contribution in [0.25, 0.3) is 0 Å². The molecular formula is C14H26. The van der Waals surface area contributed by atoms with E-state index in [1.54, 1.807) is 0 Å². The Morgan fingerprint density at radius 3 is 2.64 bits per heavy atom. The first-order valence-corrected chi connectivity index (χ1v) is 6.42. The second-order valence-electron chi connectivity index (χ2n) is 5.14. The Balaban J connectivity index is 1.97. The van der Waals surface area contributed by atoms with Gasteiger partial charge in [-0.1, -0.05) is 58.6 Å². The molecule has 1 saturated carbocycles. The van der Waals surface area contributed by atoms with E-state index in [0.29, 0.717) is 0 Å². The molecule has 0 aromatic heterocycles. The van der Waals surface area contributed by atoms with Gasteiger partial charge in [0.05, 0.1) is 0 Å². The number of hydrogen-bond donors (Lipinski definition) is 0. The largest absolute Gasteiger partial charge is 0.0857 e. The molecule has 82 valence electrons. The smallest absolute Gasteiger partial charge is 0.0202 e. The topological polar surface area (TPSA) is 0 Å². The normalized spacial score (nSPS) is 26.3. The van der Waals surface area contributed by atoms with Crippen LogP contribution in [0.4, 0.5) is 0 Å². The van der Waals surface area contributed by atoms with Gasteiger partial charge < -0.3 is 0 Å². The minimum atomic E-state index is 0.733. The molecule has 1 fully saturated rings. The average molecular weight is 194 g/mol. The lowest BCUT2D eigenvalue weighted by Crippen LogP contribution is -1.83. The maximum absolute atomic E-state index is 2.45. The number of allylic oxidation sites excluding steroid dienone is 2. The van der Waals surface area contributed by atoms with Gasteiger partial charge >= 0.3 is 0 Å². The quantitative estimate of drug-likeness (QED) is 0.403. The highest BCUT2D eigenvalue weighted by atomic mass is 14.4. The van der Waals surface area contributed by atoms with Crippen molar-refractivity contribution in [3.05, 3.63) is 12.2 Å². The molecule has 0 N–H and O–H groups in total. The summed E-state index contributed by atoms with van der Waals surface area (Å²) in [4.78, 5) is 0. The minimum absolute atomic E-state index is 0.733. The van der Waals surface area contributed by atoms with Crippen molar-refractivity contribution in [3.8, 4) is 0 Å². The molecule has 0 amide bonds. The molecule has 0 nitrogen and oxygen atoms in total. The Labute approximate surface area is 89.8 Å². The highest BCUT2D eigenvalue weighted by Gasteiger charge is 2.33. The summed E-state index contributed by atoms with van der Waals surface area (Å²) < 4.78 is 0. The minimum Gasteiger partial charge on any atom is -0.0857 e. The van der Waals surface area contributed by atoms with Crippen LogP contribution in [0.2, 0.25) is 0 Å². The standard InChI is InChI=1S/C14H26/c1-4-5-6-7-8-13-11-14(13)10-9-12(2)3/h9-10,12-14H,4-8,11H2,1-3H3/b10-9+/t13-,14-/m1/s1. The first kappa shape index (κ1) is 11.8. The summed E-state index contributed by atoms with van der Waals surface area (Å²) in [5, 5.41) is 0. The molecule has 0 unspecified atom stereocenters. The van der Waals surface area contributed by atoms with Gasteiger partial charge in [0.25, 0.3) is 0 Å². The van der Waals surface area contributed by atoms with Gasteiger partial charge in [-0.15, -0.1) is 0 Å². The van der Waals surface area contributed by atoms with Gasteiger partial charge in [0.15, 0.2) is 0 Å². The number of unbranched alkanes of at least 4 members (excludes halogenated alkanes) is 3. The molecule has 1 rings (SSSR count). The van der Waals surface area contributed by atoms with Gasteiger partial charge in [-0.3, -0.25) is 0 Å². The van der Waals surface area contributed by atoms with E-state index in [4.69, 9.17) is 0 Å². The third kappa shape index (κ3) is 4.83. The molecule has 1 aliphatic rings. The molecule has 0 heteroatoms. The van der Waals surface area contributed by atoms with Gasteiger partial charge in [0, 0.05) is 0 Å². The van der Waals surface area contributed by atoms with Crippen LogP contribution >= 0.6 is 0 Å². The zero-order valence-electron chi connectivity index (χ0n) is 10.1. The van der Waals surface area contributed by atoms with Crippen molar-refractivity contribution < 1.29 is 0 Å². The molecule has 0 aliphatic heterocycles. The number of rotatable bonds is 7. The van der Waals surface area contributed by atoms with Crippen molar-refractivity contribution in [1.82, 2.24) is 0 Å². The van der Waals surface area contributed by atoms with E-state index >= 15 is 0 Å². The van der Waals surface area contributed by atoms with Crippen LogP contribution in [0.5, 0.6) is 0 Å². The van der Waals surface area contributed by atoms with E-state index in [2.05, 4.69) is 32.9 Å². The van der Waals surface area contributed by atoms with Crippen molar-refractivity contribution >= 4 is 0 Å². The SMILES string of the molecule is CCCCCC[C@@H]1C[C@H]1/C=C/C(C)C. The molecule has 0 aromatic rings. The monoisotopic (exact) mass is 194 g/mol. The molecule has 1 aliphatic carbocycles. The van der Waals surface area contributed by atoms with Gasteiger partial charge in [0.2, 0.25) is 0 Å². The fourth-order valence-electron chi connectivity index (χ4n) is 2.04. The van der Waals surface area contributed by atoms with Gasteiger partial charge in [0.1, 0.15) is 0 Å². The van der Waals surface area contributed by atoms with Crippen molar-refractivity contribution in [2.45, 2.75) is 59.3 Å². The summed E-state index contributed by atoms with van der Waals surface area (Å²) in [6.07, 6.45) is 13.5. The van der Waals surface area contributed by atoms with Crippen LogP contribution < -0.4 is 0 Å². The average Bonchev–Trinajstić information content (AvgIpc) is 2.88. The lowest BCUT2D eigenvalue weighted by Gasteiger charge is -1.98. The van der Waals surface area contributed by atoms with Crippen LogP contribution in [-0.2, 0) is 0 Å². The zero-order chi connectivity index (χ0) is 10.4. The molecule has 0 bridgehead atoms. The molecule has 0 heterocycles. The van der Waals surface area contributed by atoms with E-state index in [-0.39, 0.29) is 0 Å². The van der Waals surface area contributed by atoms with Crippen LogP contribution in [0.3, 0.4) is 0 Å². The lowest BCUT2D eigenvalue weighted by atomic mass is 10.1. The Hall–Kier alpha value is -0.260. The fourth-order valence-corrected chi connectivity index (χ4v) is 2.04. The maximum atomic E-state index is 2.45. The van der Waals surface area contributed by atoms with Crippen molar-refractivity contribution in [1.29, 1.82) is 0 Å². The van der Waals surface area contributed by atoms with Crippen molar-refractivity contribution in [2.24, 2.45) is 17.8 Å². The Kier molecular flexibility index (Phi) is 5.29.